The minimum absolute atomic E-state index is 0.0282. The standard InChI is InChI=1S/C18H20N2O6S/c1-12(21)19-14-5-7-16(24-3)18(9-14)27(22,23)20(2)10-13-4-6-15-17(8-13)26-11-25-15/h4-9H,10-11H2,1-3H3,(H,19,21). The third kappa shape index (κ3) is 3.99. The molecule has 144 valence electrons. The lowest BCUT2D eigenvalue weighted by molar-refractivity contribution is -0.114. The molecule has 1 N–H and O–H groups in total. The molecule has 0 fully saturated rings. The molecule has 1 aliphatic heterocycles. The van der Waals surface area contributed by atoms with Gasteiger partial charge in [0.1, 0.15) is 10.6 Å². The molecule has 0 spiro atoms. The van der Waals surface area contributed by atoms with Crippen molar-refractivity contribution in [1.29, 1.82) is 0 Å². The number of carbonyl (C=O) groups is 1. The summed E-state index contributed by atoms with van der Waals surface area (Å²) in [5.74, 6) is 1.12. The summed E-state index contributed by atoms with van der Waals surface area (Å²) in [5, 5.41) is 2.58. The number of amides is 1. The van der Waals surface area contributed by atoms with Crippen molar-refractivity contribution in [2.45, 2.75) is 18.4 Å². The Morgan fingerprint density at radius 3 is 2.63 bits per heavy atom. The van der Waals surface area contributed by atoms with E-state index >= 15 is 0 Å². The number of fused-ring (bicyclic) bond motifs is 1. The maximum Gasteiger partial charge on any atom is 0.246 e. The average Bonchev–Trinajstić information content (AvgIpc) is 3.08. The zero-order valence-corrected chi connectivity index (χ0v) is 16.0. The van der Waals surface area contributed by atoms with Crippen LogP contribution in [0.2, 0.25) is 0 Å². The number of benzene rings is 2. The Morgan fingerprint density at radius 1 is 1.19 bits per heavy atom. The lowest BCUT2D eigenvalue weighted by Gasteiger charge is -2.20. The van der Waals surface area contributed by atoms with E-state index in [2.05, 4.69) is 5.32 Å². The van der Waals surface area contributed by atoms with Crippen LogP contribution in [0.25, 0.3) is 0 Å². The molecule has 2 aromatic rings. The highest BCUT2D eigenvalue weighted by Crippen LogP contribution is 2.34. The van der Waals surface area contributed by atoms with Crippen LogP contribution < -0.4 is 19.5 Å². The van der Waals surface area contributed by atoms with E-state index in [1.165, 1.54) is 37.5 Å². The SMILES string of the molecule is COc1ccc(NC(C)=O)cc1S(=O)(=O)N(C)Cc1ccc2c(c1)OCO2. The van der Waals surface area contributed by atoms with Crippen LogP contribution in [-0.2, 0) is 21.4 Å². The Kier molecular flexibility index (Phi) is 5.24. The monoisotopic (exact) mass is 392 g/mol. The zero-order chi connectivity index (χ0) is 19.6. The highest BCUT2D eigenvalue weighted by atomic mass is 32.2. The number of sulfonamides is 1. The Labute approximate surface area is 157 Å². The maximum atomic E-state index is 13.1. The van der Waals surface area contributed by atoms with E-state index in [1.807, 2.05) is 0 Å². The normalized spacial score (nSPS) is 12.9. The van der Waals surface area contributed by atoms with Crippen molar-refractivity contribution >= 4 is 21.6 Å². The number of hydrogen-bond acceptors (Lipinski definition) is 6. The second-order valence-corrected chi connectivity index (χ2v) is 8.01. The van der Waals surface area contributed by atoms with Crippen LogP contribution in [0.15, 0.2) is 41.3 Å². The van der Waals surface area contributed by atoms with Crippen molar-refractivity contribution in [1.82, 2.24) is 4.31 Å². The first-order valence-corrected chi connectivity index (χ1v) is 9.56. The summed E-state index contributed by atoms with van der Waals surface area (Å²) >= 11 is 0. The van der Waals surface area contributed by atoms with Crippen LogP contribution in [0.3, 0.4) is 0 Å². The fourth-order valence-electron chi connectivity index (χ4n) is 2.71. The van der Waals surface area contributed by atoms with Crippen molar-refractivity contribution in [3.05, 3.63) is 42.0 Å². The fraction of sp³-hybridized carbons (Fsp3) is 0.278. The van der Waals surface area contributed by atoms with Crippen molar-refractivity contribution < 1.29 is 27.4 Å². The van der Waals surface area contributed by atoms with Crippen LogP contribution in [0.4, 0.5) is 5.69 Å². The lowest BCUT2D eigenvalue weighted by atomic mass is 10.2. The summed E-state index contributed by atoms with van der Waals surface area (Å²) in [7, 11) is -0.998. The predicted molar refractivity (Wildman–Crippen MR) is 98.5 cm³/mol. The van der Waals surface area contributed by atoms with E-state index in [-0.39, 0.29) is 29.9 Å². The second-order valence-electron chi connectivity index (χ2n) is 6.00. The predicted octanol–water partition coefficient (Wildman–Crippen LogP) is 2.20. The van der Waals surface area contributed by atoms with Crippen LogP contribution >= 0.6 is 0 Å². The van der Waals surface area contributed by atoms with Gasteiger partial charge >= 0.3 is 0 Å². The molecule has 2 aromatic carbocycles. The fourth-order valence-corrected chi connectivity index (χ4v) is 4.04. The summed E-state index contributed by atoms with van der Waals surface area (Å²) in [6.45, 7) is 1.64. The minimum atomic E-state index is -3.87. The number of nitrogens with one attached hydrogen (secondary N) is 1. The highest BCUT2D eigenvalue weighted by Gasteiger charge is 2.26. The molecule has 0 unspecified atom stereocenters. The number of methoxy groups -OCH3 is 1. The molecular formula is C18H20N2O6S. The van der Waals surface area contributed by atoms with Gasteiger partial charge in [-0.2, -0.15) is 4.31 Å². The highest BCUT2D eigenvalue weighted by molar-refractivity contribution is 7.89. The molecule has 3 rings (SSSR count). The number of rotatable bonds is 6. The Bertz CT molecular complexity index is 974. The van der Waals surface area contributed by atoms with Gasteiger partial charge in [0.05, 0.1) is 7.11 Å². The summed E-state index contributed by atoms with van der Waals surface area (Å²) in [6.07, 6.45) is 0. The van der Waals surface area contributed by atoms with Gasteiger partial charge in [0.15, 0.2) is 11.5 Å². The van der Waals surface area contributed by atoms with Gasteiger partial charge in [0, 0.05) is 26.2 Å². The molecule has 0 aliphatic carbocycles. The molecule has 27 heavy (non-hydrogen) atoms. The first-order chi connectivity index (χ1) is 12.8. The Balaban J connectivity index is 1.89. The average molecular weight is 392 g/mol. The van der Waals surface area contributed by atoms with E-state index < -0.39 is 10.0 Å². The summed E-state index contributed by atoms with van der Waals surface area (Å²) in [6, 6.07) is 9.75. The van der Waals surface area contributed by atoms with Crippen LogP contribution in [-0.4, -0.2) is 39.6 Å². The number of carbonyl (C=O) groups excluding carboxylic acids is 1. The molecule has 0 aromatic heterocycles. The molecule has 0 saturated heterocycles. The molecular weight excluding hydrogens is 372 g/mol. The summed E-state index contributed by atoms with van der Waals surface area (Å²) in [4.78, 5) is 11.2. The maximum absolute atomic E-state index is 13.1. The number of ether oxygens (including phenoxy) is 3. The third-order valence-corrected chi connectivity index (χ3v) is 5.84. The van der Waals surface area contributed by atoms with Gasteiger partial charge in [-0.25, -0.2) is 8.42 Å². The van der Waals surface area contributed by atoms with Gasteiger partial charge in [-0.15, -0.1) is 0 Å². The molecule has 1 heterocycles. The van der Waals surface area contributed by atoms with Gasteiger partial charge in [-0.3, -0.25) is 4.79 Å². The first kappa shape index (κ1) is 19.0. The van der Waals surface area contributed by atoms with E-state index in [9.17, 15) is 13.2 Å². The molecule has 9 heteroatoms. The van der Waals surface area contributed by atoms with Gasteiger partial charge in [0.2, 0.25) is 22.7 Å². The first-order valence-electron chi connectivity index (χ1n) is 8.12. The Morgan fingerprint density at radius 2 is 1.93 bits per heavy atom. The van der Waals surface area contributed by atoms with Crippen molar-refractivity contribution in [3.8, 4) is 17.2 Å². The second kappa shape index (κ2) is 7.45. The molecule has 0 saturated carbocycles. The quantitative estimate of drug-likeness (QED) is 0.810. The van der Waals surface area contributed by atoms with E-state index in [4.69, 9.17) is 14.2 Å². The van der Waals surface area contributed by atoms with E-state index in [1.54, 1.807) is 24.3 Å². The zero-order valence-electron chi connectivity index (χ0n) is 15.2. The Hall–Kier alpha value is -2.78. The number of anilines is 1. The van der Waals surface area contributed by atoms with Gasteiger partial charge < -0.3 is 19.5 Å². The molecule has 1 amide bonds. The van der Waals surface area contributed by atoms with Crippen LogP contribution in [0.1, 0.15) is 12.5 Å². The topological polar surface area (TPSA) is 94.2 Å². The molecule has 0 atom stereocenters. The van der Waals surface area contributed by atoms with Gasteiger partial charge in [-0.05, 0) is 35.9 Å². The van der Waals surface area contributed by atoms with Crippen LogP contribution in [0, 0.1) is 0 Å². The van der Waals surface area contributed by atoms with Gasteiger partial charge in [-0.1, -0.05) is 6.07 Å². The van der Waals surface area contributed by atoms with Crippen LogP contribution in [0.5, 0.6) is 17.2 Å². The van der Waals surface area contributed by atoms with E-state index in [0.29, 0.717) is 17.2 Å². The molecule has 8 nitrogen and oxygen atoms in total. The number of hydrogen-bond donors (Lipinski definition) is 1. The summed E-state index contributed by atoms with van der Waals surface area (Å²) in [5.41, 5.74) is 1.13. The summed E-state index contributed by atoms with van der Waals surface area (Å²) < 4.78 is 43.1. The largest absolute Gasteiger partial charge is 0.495 e. The lowest BCUT2D eigenvalue weighted by Crippen LogP contribution is -2.27. The minimum Gasteiger partial charge on any atom is -0.495 e. The van der Waals surface area contributed by atoms with Crippen molar-refractivity contribution in [3.63, 3.8) is 0 Å². The van der Waals surface area contributed by atoms with Gasteiger partial charge in [0.25, 0.3) is 0 Å². The van der Waals surface area contributed by atoms with Crippen molar-refractivity contribution in [2.24, 2.45) is 0 Å². The molecule has 0 radical (unpaired) electrons. The number of nitrogens with zero attached hydrogens (tertiary/aromatic N) is 1. The molecule has 1 aliphatic rings. The van der Waals surface area contributed by atoms with Crippen molar-refractivity contribution in [2.75, 3.05) is 26.3 Å². The smallest absolute Gasteiger partial charge is 0.246 e. The third-order valence-electron chi connectivity index (χ3n) is 4.01. The molecule has 0 bridgehead atoms. The van der Waals surface area contributed by atoms with E-state index in [0.717, 1.165) is 5.56 Å².